The van der Waals surface area contributed by atoms with E-state index in [0.29, 0.717) is 0 Å². The molecule has 0 aliphatic carbocycles. The molecule has 0 amide bonds. The lowest BCUT2D eigenvalue weighted by atomic mass is 9.86. The van der Waals surface area contributed by atoms with Crippen LogP contribution in [0, 0.1) is 0 Å². The zero-order chi connectivity index (χ0) is 29.0. The van der Waals surface area contributed by atoms with E-state index in [-0.39, 0.29) is 0 Å². The summed E-state index contributed by atoms with van der Waals surface area (Å²) in [6, 6.07) is 62.4. The lowest BCUT2D eigenvalue weighted by molar-refractivity contribution is 1.63. The number of benzene rings is 9. The van der Waals surface area contributed by atoms with Gasteiger partial charge in [-0.15, -0.1) is 0 Å². The largest absolute Gasteiger partial charge is 0.0616 e. The summed E-state index contributed by atoms with van der Waals surface area (Å²) in [5, 5.41) is 12.8. The van der Waals surface area contributed by atoms with E-state index in [4.69, 9.17) is 0 Å². The molecule has 204 valence electrons. The Morgan fingerprint density at radius 3 is 1.50 bits per heavy atom. The lowest BCUT2D eigenvalue weighted by Crippen LogP contribution is -1.90. The van der Waals surface area contributed by atoms with Gasteiger partial charge in [0.2, 0.25) is 0 Å². The Balaban J connectivity index is 1.31. The van der Waals surface area contributed by atoms with E-state index in [9.17, 15) is 0 Å². The molecule has 0 nitrogen and oxygen atoms in total. The van der Waals surface area contributed by atoms with Gasteiger partial charge < -0.3 is 0 Å². The Bertz CT molecular complexity index is 2550. The van der Waals surface area contributed by atoms with Gasteiger partial charge in [0.05, 0.1) is 0 Å². The van der Waals surface area contributed by atoms with Gasteiger partial charge in [-0.05, 0) is 112 Å². The summed E-state index contributed by atoms with van der Waals surface area (Å²) < 4.78 is 0. The van der Waals surface area contributed by atoms with E-state index in [0.717, 1.165) is 0 Å². The van der Waals surface area contributed by atoms with Gasteiger partial charge in [0, 0.05) is 0 Å². The van der Waals surface area contributed by atoms with Crippen LogP contribution in [0.4, 0.5) is 0 Å². The molecule has 0 spiro atoms. The van der Waals surface area contributed by atoms with Crippen molar-refractivity contribution < 1.29 is 0 Å². The third-order valence-electron chi connectivity index (χ3n) is 9.22. The van der Waals surface area contributed by atoms with Crippen LogP contribution in [-0.2, 0) is 0 Å². The minimum Gasteiger partial charge on any atom is -0.0616 e. The van der Waals surface area contributed by atoms with Crippen LogP contribution in [-0.4, -0.2) is 0 Å². The van der Waals surface area contributed by atoms with Crippen molar-refractivity contribution in [3.8, 4) is 33.4 Å². The molecule has 9 rings (SSSR count). The molecule has 0 saturated heterocycles. The summed E-state index contributed by atoms with van der Waals surface area (Å²) in [6.07, 6.45) is 0. The SMILES string of the molecule is c1cc(-c2ccc3ccccc3c2)cc(-c2cc3c4ccccc4c(-c4cccc5ccccc45)cc3c3ccccc23)c1. The van der Waals surface area contributed by atoms with Crippen molar-refractivity contribution in [3.63, 3.8) is 0 Å². The molecule has 0 heterocycles. The summed E-state index contributed by atoms with van der Waals surface area (Å²) in [5.74, 6) is 0. The van der Waals surface area contributed by atoms with Crippen LogP contribution >= 0.6 is 0 Å². The molecule has 0 fully saturated rings. The van der Waals surface area contributed by atoms with Gasteiger partial charge in [-0.1, -0.05) is 146 Å². The van der Waals surface area contributed by atoms with E-state index in [1.807, 2.05) is 0 Å². The topological polar surface area (TPSA) is 0 Å². The highest BCUT2D eigenvalue weighted by Crippen LogP contribution is 2.43. The second-order valence-electron chi connectivity index (χ2n) is 11.7. The molecular formula is C44H28. The summed E-state index contributed by atoms with van der Waals surface area (Å²) in [6.45, 7) is 0. The van der Waals surface area contributed by atoms with Gasteiger partial charge in [0.25, 0.3) is 0 Å². The van der Waals surface area contributed by atoms with Crippen molar-refractivity contribution in [1.82, 2.24) is 0 Å². The molecule has 0 heteroatoms. The summed E-state index contributed by atoms with van der Waals surface area (Å²) in [5.41, 5.74) is 7.52. The number of hydrogen-bond donors (Lipinski definition) is 0. The molecule has 0 bridgehead atoms. The van der Waals surface area contributed by atoms with Crippen LogP contribution in [0.25, 0.3) is 87.2 Å². The Morgan fingerprint density at radius 1 is 0.205 bits per heavy atom. The summed E-state index contributed by atoms with van der Waals surface area (Å²) in [4.78, 5) is 0. The fraction of sp³-hybridized carbons (Fsp3) is 0. The van der Waals surface area contributed by atoms with Gasteiger partial charge >= 0.3 is 0 Å². The second kappa shape index (κ2) is 9.93. The maximum Gasteiger partial charge on any atom is -0.00923 e. The van der Waals surface area contributed by atoms with E-state index >= 15 is 0 Å². The van der Waals surface area contributed by atoms with Crippen LogP contribution in [0.5, 0.6) is 0 Å². The van der Waals surface area contributed by atoms with Crippen molar-refractivity contribution in [2.24, 2.45) is 0 Å². The van der Waals surface area contributed by atoms with E-state index in [1.165, 1.54) is 87.2 Å². The van der Waals surface area contributed by atoms with Crippen LogP contribution < -0.4 is 0 Å². The van der Waals surface area contributed by atoms with Crippen LogP contribution in [0.15, 0.2) is 170 Å². The molecule has 9 aromatic carbocycles. The normalized spacial score (nSPS) is 11.6. The fourth-order valence-electron chi connectivity index (χ4n) is 7.11. The first-order valence-electron chi connectivity index (χ1n) is 15.3. The molecular weight excluding hydrogens is 528 g/mol. The third kappa shape index (κ3) is 3.92. The highest BCUT2D eigenvalue weighted by molar-refractivity contribution is 6.24. The second-order valence-corrected chi connectivity index (χ2v) is 11.7. The fourth-order valence-corrected chi connectivity index (χ4v) is 7.11. The molecule has 44 heavy (non-hydrogen) atoms. The molecule has 0 atom stereocenters. The predicted molar refractivity (Wildman–Crippen MR) is 190 cm³/mol. The summed E-state index contributed by atoms with van der Waals surface area (Å²) >= 11 is 0. The number of fused-ring (bicyclic) bond motifs is 7. The zero-order valence-electron chi connectivity index (χ0n) is 24.2. The summed E-state index contributed by atoms with van der Waals surface area (Å²) in [7, 11) is 0. The van der Waals surface area contributed by atoms with Gasteiger partial charge in [-0.25, -0.2) is 0 Å². The maximum atomic E-state index is 2.43. The average Bonchev–Trinajstić information content (AvgIpc) is 3.10. The van der Waals surface area contributed by atoms with Gasteiger partial charge in [-0.2, -0.15) is 0 Å². The lowest BCUT2D eigenvalue weighted by Gasteiger charge is -2.17. The molecule has 0 unspecified atom stereocenters. The van der Waals surface area contributed by atoms with Crippen LogP contribution in [0.3, 0.4) is 0 Å². The van der Waals surface area contributed by atoms with Crippen molar-refractivity contribution in [2.45, 2.75) is 0 Å². The number of hydrogen-bond acceptors (Lipinski definition) is 0. The Morgan fingerprint density at radius 2 is 0.727 bits per heavy atom. The van der Waals surface area contributed by atoms with Crippen molar-refractivity contribution in [2.75, 3.05) is 0 Å². The van der Waals surface area contributed by atoms with E-state index in [2.05, 4.69) is 170 Å². The van der Waals surface area contributed by atoms with Gasteiger partial charge in [0.1, 0.15) is 0 Å². The minimum atomic E-state index is 1.23. The molecule has 0 N–H and O–H groups in total. The van der Waals surface area contributed by atoms with Gasteiger partial charge in [-0.3, -0.25) is 0 Å². The first kappa shape index (κ1) is 24.8. The molecule has 0 aromatic heterocycles. The van der Waals surface area contributed by atoms with Crippen molar-refractivity contribution >= 4 is 53.9 Å². The standard InChI is InChI=1S/C44H28/c1-2-13-31-25-33(24-23-29(31)11-1)32-15-9-16-34(26-32)41-27-43-40-21-8-7-20-39(40)42(28-44(43)38-19-6-5-18-37(38)41)36-22-10-14-30-12-3-4-17-35(30)36/h1-28H. The smallest absolute Gasteiger partial charge is 0.00923 e. The first-order chi connectivity index (χ1) is 21.8. The molecule has 0 radical (unpaired) electrons. The Hall–Kier alpha value is -5.72. The predicted octanol–water partition coefficient (Wildman–Crippen LogP) is 12.5. The highest BCUT2D eigenvalue weighted by Gasteiger charge is 2.16. The zero-order valence-corrected chi connectivity index (χ0v) is 24.2. The van der Waals surface area contributed by atoms with Crippen LogP contribution in [0.1, 0.15) is 0 Å². The third-order valence-corrected chi connectivity index (χ3v) is 9.22. The number of rotatable bonds is 3. The first-order valence-corrected chi connectivity index (χ1v) is 15.3. The minimum absolute atomic E-state index is 1.23. The van der Waals surface area contributed by atoms with E-state index < -0.39 is 0 Å². The van der Waals surface area contributed by atoms with Gasteiger partial charge in [0.15, 0.2) is 0 Å². The Labute approximate surface area is 256 Å². The van der Waals surface area contributed by atoms with Crippen molar-refractivity contribution in [1.29, 1.82) is 0 Å². The molecule has 0 saturated carbocycles. The molecule has 9 aromatic rings. The van der Waals surface area contributed by atoms with E-state index in [1.54, 1.807) is 0 Å². The average molecular weight is 557 g/mol. The highest BCUT2D eigenvalue weighted by atomic mass is 14.2. The quantitative estimate of drug-likeness (QED) is 0.190. The molecule has 0 aliphatic rings. The maximum absolute atomic E-state index is 2.43. The Kier molecular flexibility index (Phi) is 5.61. The molecule has 0 aliphatic heterocycles. The van der Waals surface area contributed by atoms with Crippen LogP contribution in [0.2, 0.25) is 0 Å². The van der Waals surface area contributed by atoms with Crippen molar-refractivity contribution in [3.05, 3.63) is 170 Å². The monoisotopic (exact) mass is 556 g/mol.